The van der Waals surface area contributed by atoms with Gasteiger partial charge in [0.1, 0.15) is 0 Å². The molecule has 1 heterocycles. The van der Waals surface area contributed by atoms with Crippen LogP contribution in [0.4, 0.5) is 0 Å². The van der Waals surface area contributed by atoms with Gasteiger partial charge in [0, 0.05) is 6.61 Å². The summed E-state index contributed by atoms with van der Waals surface area (Å²) in [7, 11) is 0. The van der Waals surface area contributed by atoms with E-state index in [-0.39, 0.29) is 6.10 Å². The van der Waals surface area contributed by atoms with E-state index in [0.717, 1.165) is 5.57 Å². The molecule has 80 valence electrons. The zero-order chi connectivity index (χ0) is 10.8. The van der Waals surface area contributed by atoms with Gasteiger partial charge in [-0.1, -0.05) is 11.6 Å². The molecule has 0 bridgehead atoms. The normalized spacial score (nSPS) is 31.5. The maximum atomic E-state index is 11.2. The third kappa shape index (κ3) is 1.98. The van der Waals surface area contributed by atoms with Crippen LogP contribution in [0.2, 0.25) is 0 Å². The van der Waals surface area contributed by atoms with E-state index in [1.54, 1.807) is 0 Å². The number of ether oxygens (including phenoxy) is 1. The van der Waals surface area contributed by atoms with E-state index in [2.05, 4.69) is 0 Å². The van der Waals surface area contributed by atoms with Crippen molar-refractivity contribution in [2.24, 2.45) is 5.41 Å². The number of hydrogen-bond acceptors (Lipinski definition) is 2. The van der Waals surface area contributed by atoms with Crippen molar-refractivity contribution in [1.29, 1.82) is 0 Å². The number of carboxylic acid groups (broad SMARTS) is 1. The summed E-state index contributed by atoms with van der Waals surface area (Å²) < 4.78 is 5.35. The van der Waals surface area contributed by atoms with Crippen molar-refractivity contribution in [3.63, 3.8) is 0 Å². The Morgan fingerprint density at radius 2 is 2.29 bits per heavy atom. The number of aliphatic carboxylic acids is 1. The Kier molecular flexibility index (Phi) is 3.32. The molecule has 1 N–H and O–H groups in total. The van der Waals surface area contributed by atoms with Gasteiger partial charge in [-0.25, -0.2) is 0 Å². The molecule has 0 amide bonds. The van der Waals surface area contributed by atoms with Gasteiger partial charge >= 0.3 is 5.97 Å². The van der Waals surface area contributed by atoms with Gasteiger partial charge in [-0.15, -0.1) is 0 Å². The number of allylic oxidation sites excluding steroid dienone is 2. The van der Waals surface area contributed by atoms with Crippen molar-refractivity contribution in [3.05, 3.63) is 11.6 Å². The molecule has 0 aromatic carbocycles. The largest absolute Gasteiger partial charge is 0.481 e. The van der Waals surface area contributed by atoms with Crippen LogP contribution in [0.5, 0.6) is 0 Å². The van der Waals surface area contributed by atoms with E-state index in [1.807, 2.05) is 26.8 Å². The average Bonchev–Trinajstić information content (AvgIpc) is 2.44. The second kappa shape index (κ2) is 4.13. The van der Waals surface area contributed by atoms with Gasteiger partial charge in [0.15, 0.2) is 0 Å². The Morgan fingerprint density at radius 1 is 1.64 bits per heavy atom. The van der Waals surface area contributed by atoms with Gasteiger partial charge in [0.25, 0.3) is 0 Å². The summed E-state index contributed by atoms with van der Waals surface area (Å²) in [5.74, 6) is -0.736. The molecule has 1 saturated heterocycles. The Bertz CT molecular complexity index is 253. The first-order chi connectivity index (χ1) is 6.49. The summed E-state index contributed by atoms with van der Waals surface area (Å²) >= 11 is 0. The maximum absolute atomic E-state index is 11.2. The van der Waals surface area contributed by atoms with Gasteiger partial charge in [-0.3, -0.25) is 4.79 Å². The highest BCUT2D eigenvalue weighted by molar-refractivity contribution is 5.76. The molecule has 0 saturated carbocycles. The zero-order valence-corrected chi connectivity index (χ0v) is 9.04. The number of rotatable bonds is 3. The number of carbonyl (C=O) groups is 1. The van der Waals surface area contributed by atoms with Crippen LogP contribution in [0.25, 0.3) is 0 Å². The Morgan fingerprint density at radius 3 is 2.64 bits per heavy atom. The van der Waals surface area contributed by atoms with Gasteiger partial charge in [-0.05, 0) is 33.6 Å². The van der Waals surface area contributed by atoms with E-state index in [9.17, 15) is 9.90 Å². The molecular weight excluding hydrogens is 180 g/mol. The molecule has 1 aliphatic heterocycles. The summed E-state index contributed by atoms with van der Waals surface area (Å²) in [6.07, 6.45) is 2.99. The third-order valence-corrected chi connectivity index (χ3v) is 2.99. The van der Waals surface area contributed by atoms with E-state index in [1.165, 1.54) is 0 Å². The second-order valence-corrected chi connectivity index (χ2v) is 4.21. The van der Waals surface area contributed by atoms with Gasteiger partial charge in [0.05, 0.1) is 11.5 Å². The molecule has 3 nitrogen and oxygen atoms in total. The second-order valence-electron chi connectivity index (χ2n) is 4.21. The van der Waals surface area contributed by atoms with Crippen molar-refractivity contribution in [2.75, 3.05) is 6.61 Å². The van der Waals surface area contributed by atoms with Gasteiger partial charge in [0.2, 0.25) is 0 Å². The minimum atomic E-state index is -0.736. The maximum Gasteiger partial charge on any atom is 0.312 e. The molecular formula is C11H18O3. The SMILES string of the molecule is CC(C)=CCC1(C(=O)O)CCOC1C. The summed E-state index contributed by atoms with van der Waals surface area (Å²) in [6.45, 7) is 6.37. The molecule has 1 fully saturated rings. The van der Waals surface area contributed by atoms with Crippen molar-refractivity contribution in [1.82, 2.24) is 0 Å². The summed E-state index contributed by atoms with van der Waals surface area (Å²) in [6, 6.07) is 0. The van der Waals surface area contributed by atoms with Crippen LogP contribution in [0.1, 0.15) is 33.6 Å². The van der Waals surface area contributed by atoms with E-state index in [0.29, 0.717) is 19.4 Å². The first-order valence-corrected chi connectivity index (χ1v) is 4.97. The van der Waals surface area contributed by atoms with Crippen LogP contribution in [0.3, 0.4) is 0 Å². The van der Waals surface area contributed by atoms with Crippen molar-refractivity contribution >= 4 is 5.97 Å². The number of carboxylic acids is 1. The van der Waals surface area contributed by atoms with E-state index in [4.69, 9.17) is 4.74 Å². The minimum absolute atomic E-state index is 0.185. The smallest absolute Gasteiger partial charge is 0.312 e. The standard InChI is InChI=1S/C11H18O3/c1-8(2)4-5-11(10(12)13)6-7-14-9(11)3/h4,9H,5-7H2,1-3H3,(H,12,13). The van der Waals surface area contributed by atoms with Crippen molar-refractivity contribution < 1.29 is 14.6 Å². The highest BCUT2D eigenvalue weighted by atomic mass is 16.5. The molecule has 1 aliphatic rings. The minimum Gasteiger partial charge on any atom is -0.481 e. The van der Waals surface area contributed by atoms with Crippen LogP contribution >= 0.6 is 0 Å². The fraction of sp³-hybridized carbons (Fsp3) is 0.727. The molecule has 0 radical (unpaired) electrons. The zero-order valence-electron chi connectivity index (χ0n) is 9.04. The van der Waals surface area contributed by atoms with Crippen LogP contribution in [0, 0.1) is 5.41 Å². The molecule has 0 aromatic heterocycles. The molecule has 2 unspecified atom stereocenters. The molecule has 0 aromatic rings. The predicted octanol–water partition coefficient (Wildman–Crippen LogP) is 2.22. The third-order valence-electron chi connectivity index (χ3n) is 2.99. The molecule has 0 spiro atoms. The van der Waals surface area contributed by atoms with Gasteiger partial charge in [-0.2, -0.15) is 0 Å². The topological polar surface area (TPSA) is 46.5 Å². The summed E-state index contributed by atoms with van der Waals surface area (Å²) in [5, 5.41) is 9.24. The summed E-state index contributed by atoms with van der Waals surface area (Å²) in [4.78, 5) is 11.2. The van der Waals surface area contributed by atoms with Crippen molar-refractivity contribution in [2.45, 2.75) is 39.7 Å². The Hall–Kier alpha value is -0.830. The van der Waals surface area contributed by atoms with Crippen molar-refractivity contribution in [3.8, 4) is 0 Å². The Labute approximate surface area is 84.8 Å². The molecule has 2 atom stereocenters. The average molecular weight is 198 g/mol. The van der Waals surface area contributed by atoms with Crippen LogP contribution in [0.15, 0.2) is 11.6 Å². The monoisotopic (exact) mass is 198 g/mol. The van der Waals surface area contributed by atoms with Crippen LogP contribution < -0.4 is 0 Å². The molecule has 3 heteroatoms. The summed E-state index contributed by atoms with van der Waals surface area (Å²) in [5.41, 5.74) is 0.460. The lowest BCUT2D eigenvalue weighted by Gasteiger charge is -2.26. The first-order valence-electron chi connectivity index (χ1n) is 4.97. The Balaban J connectivity index is 2.82. The fourth-order valence-electron chi connectivity index (χ4n) is 1.80. The lowest BCUT2D eigenvalue weighted by atomic mass is 9.78. The van der Waals surface area contributed by atoms with Crippen LogP contribution in [-0.2, 0) is 9.53 Å². The highest BCUT2D eigenvalue weighted by Crippen LogP contribution is 2.39. The molecule has 1 rings (SSSR count). The van der Waals surface area contributed by atoms with Crippen LogP contribution in [-0.4, -0.2) is 23.8 Å². The molecule has 14 heavy (non-hydrogen) atoms. The fourth-order valence-corrected chi connectivity index (χ4v) is 1.80. The van der Waals surface area contributed by atoms with Gasteiger partial charge < -0.3 is 9.84 Å². The first kappa shape index (κ1) is 11.2. The molecule has 0 aliphatic carbocycles. The lowest BCUT2D eigenvalue weighted by molar-refractivity contribution is -0.151. The number of hydrogen-bond donors (Lipinski definition) is 1. The predicted molar refractivity (Wildman–Crippen MR) is 54.1 cm³/mol. The highest BCUT2D eigenvalue weighted by Gasteiger charge is 2.47. The quantitative estimate of drug-likeness (QED) is 0.707. The van der Waals surface area contributed by atoms with E-state index >= 15 is 0 Å². The lowest BCUT2D eigenvalue weighted by Crippen LogP contribution is -2.36. The van der Waals surface area contributed by atoms with E-state index < -0.39 is 11.4 Å².